The van der Waals surface area contributed by atoms with Gasteiger partial charge in [-0.1, -0.05) is 60.7 Å². The van der Waals surface area contributed by atoms with Gasteiger partial charge in [0, 0.05) is 11.9 Å². The van der Waals surface area contributed by atoms with E-state index in [1.54, 1.807) is 0 Å². The number of aliphatic carboxylic acids is 1. The molecule has 0 N–H and O–H groups in total. The molecule has 0 unspecified atom stereocenters. The number of carbonyl (C=O) groups excluding carboxylic acids is 1. The summed E-state index contributed by atoms with van der Waals surface area (Å²) in [6.45, 7) is 0. The van der Waals surface area contributed by atoms with E-state index in [9.17, 15) is 9.90 Å². The van der Waals surface area contributed by atoms with Crippen LogP contribution in [0.15, 0.2) is 60.7 Å². The Balaban J connectivity index is 2.36. The van der Waals surface area contributed by atoms with Crippen molar-refractivity contribution in [2.45, 2.75) is 12.3 Å². The van der Waals surface area contributed by atoms with Crippen molar-refractivity contribution < 1.29 is 9.90 Å². The van der Waals surface area contributed by atoms with Crippen molar-refractivity contribution in [1.29, 1.82) is 0 Å². The van der Waals surface area contributed by atoms with Gasteiger partial charge in [0.15, 0.2) is 0 Å². The fourth-order valence-corrected chi connectivity index (χ4v) is 1.97. The Morgan fingerprint density at radius 2 is 1.29 bits per heavy atom. The fraction of sp³-hybridized carbons (Fsp3) is 0.133. The molecule has 17 heavy (non-hydrogen) atoms. The highest BCUT2D eigenvalue weighted by molar-refractivity contribution is 5.66. The smallest absolute Gasteiger partial charge is 0.0423 e. The van der Waals surface area contributed by atoms with Gasteiger partial charge in [-0.2, -0.15) is 0 Å². The summed E-state index contributed by atoms with van der Waals surface area (Å²) in [5.74, 6) is -1.16. The maximum Gasteiger partial charge on any atom is 0.0423 e. The molecule has 0 spiro atoms. The standard InChI is InChI=1S/C15H14O2/c16-15(17)11-14(12-7-3-1-4-8-12)13-9-5-2-6-10-13/h1-10,14H,11H2,(H,16,17)/p-1. The highest BCUT2D eigenvalue weighted by atomic mass is 16.4. The zero-order valence-corrected chi connectivity index (χ0v) is 9.37. The van der Waals surface area contributed by atoms with Crippen LogP contribution in [-0.4, -0.2) is 5.97 Å². The summed E-state index contributed by atoms with van der Waals surface area (Å²) in [7, 11) is 0. The number of hydrogen-bond donors (Lipinski definition) is 0. The average Bonchev–Trinajstić information content (AvgIpc) is 2.38. The number of carboxylic acid groups (broad SMARTS) is 1. The van der Waals surface area contributed by atoms with Crippen LogP contribution in [0.5, 0.6) is 0 Å². The van der Waals surface area contributed by atoms with Crippen molar-refractivity contribution in [3.8, 4) is 0 Å². The molecule has 0 radical (unpaired) electrons. The Morgan fingerprint density at radius 3 is 1.65 bits per heavy atom. The minimum atomic E-state index is -1.03. The first-order chi connectivity index (χ1) is 8.27. The van der Waals surface area contributed by atoms with Crippen LogP contribution >= 0.6 is 0 Å². The molecule has 0 fully saturated rings. The molecule has 2 nitrogen and oxygen atoms in total. The molecule has 0 aromatic heterocycles. The SMILES string of the molecule is O=C([O-])CC(c1ccccc1)c1ccccc1. The molecule has 0 saturated heterocycles. The lowest BCUT2D eigenvalue weighted by atomic mass is 9.89. The summed E-state index contributed by atoms with van der Waals surface area (Å²) in [5, 5.41) is 10.8. The molecule has 0 atom stereocenters. The molecular formula is C15H13O2-. The maximum absolute atomic E-state index is 10.8. The van der Waals surface area contributed by atoms with Crippen LogP contribution in [0.25, 0.3) is 0 Å². The fourth-order valence-electron chi connectivity index (χ4n) is 1.97. The molecule has 2 aromatic carbocycles. The predicted octanol–water partition coefficient (Wildman–Crippen LogP) is 1.96. The highest BCUT2D eigenvalue weighted by Crippen LogP contribution is 2.27. The first kappa shape index (κ1) is 11.4. The van der Waals surface area contributed by atoms with Crippen molar-refractivity contribution in [3.63, 3.8) is 0 Å². The van der Waals surface area contributed by atoms with Gasteiger partial charge in [0.05, 0.1) is 0 Å². The number of benzene rings is 2. The molecule has 0 bridgehead atoms. The van der Waals surface area contributed by atoms with E-state index in [1.807, 2.05) is 60.7 Å². The molecule has 86 valence electrons. The Bertz CT molecular complexity index is 437. The minimum absolute atomic E-state index is 0.00796. The van der Waals surface area contributed by atoms with E-state index in [1.165, 1.54) is 0 Å². The third kappa shape index (κ3) is 2.94. The van der Waals surface area contributed by atoms with Gasteiger partial charge < -0.3 is 9.90 Å². The van der Waals surface area contributed by atoms with Crippen molar-refractivity contribution in [3.05, 3.63) is 71.8 Å². The molecular weight excluding hydrogens is 212 g/mol. The van der Waals surface area contributed by atoms with Crippen LogP contribution in [0, 0.1) is 0 Å². The average molecular weight is 225 g/mol. The lowest BCUT2D eigenvalue weighted by Crippen LogP contribution is -2.24. The van der Waals surface area contributed by atoms with E-state index in [0.717, 1.165) is 11.1 Å². The van der Waals surface area contributed by atoms with E-state index >= 15 is 0 Å². The van der Waals surface area contributed by atoms with E-state index in [-0.39, 0.29) is 12.3 Å². The van der Waals surface area contributed by atoms with Gasteiger partial charge >= 0.3 is 0 Å². The van der Waals surface area contributed by atoms with Gasteiger partial charge in [0.1, 0.15) is 0 Å². The number of hydrogen-bond acceptors (Lipinski definition) is 2. The quantitative estimate of drug-likeness (QED) is 0.798. The topological polar surface area (TPSA) is 40.1 Å². The normalized spacial score (nSPS) is 10.4. The first-order valence-electron chi connectivity index (χ1n) is 5.57. The number of rotatable bonds is 4. The van der Waals surface area contributed by atoms with Gasteiger partial charge in [-0.25, -0.2) is 0 Å². The van der Waals surface area contributed by atoms with Gasteiger partial charge in [-0.3, -0.25) is 0 Å². The van der Waals surface area contributed by atoms with Crippen LogP contribution in [0.1, 0.15) is 23.5 Å². The molecule has 2 rings (SSSR count). The molecule has 0 saturated carbocycles. The molecule has 0 heterocycles. The summed E-state index contributed by atoms with van der Waals surface area (Å²) in [6.07, 6.45) is 0.00796. The van der Waals surface area contributed by atoms with Crippen molar-refractivity contribution in [2.24, 2.45) is 0 Å². The largest absolute Gasteiger partial charge is 0.550 e. The van der Waals surface area contributed by atoms with E-state index in [0.29, 0.717) is 0 Å². The lowest BCUT2D eigenvalue weighted by molar-refractivity contribution is -0.305. The zero-order chi connectivity index (χ0) is 12.1. The summed E-state index contributed by atoms with van der Waals surface area (Å²) in [4.78, 5) is 10.8. The molecule has 2 aromatic rings. The Kier molecular flexibility index (Phi) is 3.55. The summed E-state index contributed by atoms with van der Waals surface area (Å²) < 4.78 is 0. The van der Waals surface area contributed by atoms with E-state index < -0.39 is 5.97 Å². The second-order valence-electron chi connectivity index (χ2n) is 3.95. The lowest BCUT2D eigenvalue weighted by Gasteiger charge is -2.18. The Labute approximate surface area is 101 Å². The second kappa shape index (κ2) is 5.30. The van der Waals surface area contributed by atoms with Crippen molar-refractivity contribution >= 4 is 5.97 Å². The van der Waals surface area contributed by atoms with Gasteiger partial charge in [-0.15, -0.1) is 0 Å². The Hall–Kier alpha value is -2.09. The van der Waals surface area contributed by atoms with Crippen LogP contribution in [0.3, 0.4) is 0 Å². The second-order valence-corrected chi connectivity index (χ2v) is 3.95. The molecule has 2 heteroatoms. The molecule has 0 aliphatic rings. The third-order valence-electron chi connectivity index (χ3n) is 2.77. The monoisotopic (exact) mass is 225 g/mol. The van der Waals surface area contributed by atoms with E-state index in [2.05, 4.69) is 0 Å². The predicted molar refractivity (Wildman–Crippen MR) is 64.4 cm³/mol. The number of carbonyl (C=O) groups is 1. The zero-order valence-electron chi connectivity index (χ0n) is 9.37. The number of carboxylic acids is 1. The van der Waals surface area contributed by atoms with Crippen LogP contribution < -0.4 is 5.11 Å². The maximum atomic E-state index is 10.8. The van der Waals surface area contributed by atoms with Crippen molar-refractivity contribution in [1.82, 2.24) is 0 Å². The Morgan fingerprint density at radius 1 is 0.882 bits per heavy atom. The molecule has 0 amide bonds. The van der Waals surface area contributed by atoms with Gasteiger partial charge in [0.2, 0.25) is 0 Å². The third-order valence-corrected chi connectivity index (χ3v) is 2.77. The summed E-state index contributed by atoms with van der Waals surface area (Å²) >= 11 is 0. The van der Waals surface area contributed by atoms with Crippen LogP contribution in [0.4, 0.5) is 0 Å². The summed E-state index contributed by atoms with van der Waals surface area (Å²) in [5.41, 5.74) is 2.01. The first-order valence-corrected chi connectivity index (χ1v) is 5.57. The van der Waals surface area contributed by atoms with Crippen LogP contribution in [0.2, 0.25) is 0 Å². The van der Waals surface area contributed by atoms with Crippen molar-refractivity contribution in [2.75, 3.05) is 0 Å². The van der Waals surface area contributed by atoms with Gasteiger partial charge in [-0.05, 0) is 17.5 Å². The van der Waals surface area contributed by atoms with Gasteiger partial charge in [0.25, 0.3) is 0 Å². The highest BCUT2D eigenvalue weighted by Gasteiger charge is 2.13. The minimum Gasteiger partial charge on any atom is -0.550 e. The molecule has 0 aliphatic carbocycles. The molecule has 0 aliphatic heterocycles. The van der Waals surface area contributed by atoms with E-state index in [4.69, 9.17) is 0 Å². The van der Waals surface area contributed by atoms with Crippen LogP contribution in [-0.2, 0) is 4.79 Å². The summed E-state index contributed by atoms with van der Waals surface area (Å²) in [6, 6.07) is 19.3.